The van der Waals surface area contributed by atoms with Crippen molar-refractivity contribution in [3.05, 3.63) is 54.5 Å². The van der Waals surface area contributed by atoms with Crippen molar-refractivity contribution in [3.8, 4) is 16.9 Å². The van der Waals surface area contributed by atoms with Gasteiger partial charge in [0.1, 0.15) is 23.9 Å². The van der Waals surface area contributed by atoms with Crippen molar-refractivity contribution in [2.45, 2.75) is 0 Å². The van der Waals surface area contributed by atoms with Crippen molar-refractivity contribution in [3.63, 3.8) is 0 Å². The van der Waals surface area contributed by atoms with Crippen LogP contribution in [-0.2, 0) is 9.59 Å². The molecule has 0 unspecified atom stereocenters. The number of carbonyl (C=O) groups excluding carboxylic acids is 1. The van der Waals surface area contributed by atoms with Gasteiger partial charge >= 0.3 is 5.97 Å². The largest absolute Gasteiger partial charge is 0.497 e. The highest BCUT2D eigenvalue weighted by atomic mass is 19.1. The number of amides is 1. The summed E-state index contributed by atoms with van der Waals surface area (Å²) in [4.78, 5) is 26.6. The molecule has 0 saturated carbocycles. The molecule has 2 aromatic carbocycles. The standard InChI is InChI=1S/C20H18FN3O4/c1-28-12-6-7-14(17(21)8-12)16-9-23-20(15-5-3-2-4-13(15)16)24-10-18(25)22-11-19(26)27/h2-9H,10-11H2,1H3,(H,22,25)(H,23,24)(H,26,27). The maximum Gasteiger partial charge on any atom is 0.322 e. The molecule has 3 aromatic rings. The number of rotatable bonds is 7. The molecule has 1 aromatic heterocycles. The van der Waals surface area contributed by atoms with Gasteiger partial charge in [-0.15, -0.1) is 0 Å². The summed E-state index contributed by atoms with van der Waals surface area (Å²) in [5.74, 6) is -1.16. The molecule has 7 nitrogen and oxygen atoms in total. The summed E-state index contributed by atoms with van der Waals surface area (Å²) in [6.45, 7) is -0.592. The summed E-state index contributed by atoms with van der Waals surface area (Å²) in [5, 5.41) is 15.2. The zero-order valence-electron chi connectivity index (χ0n) is 15.0. The zero-order chi connectivity index (χ0) is 20.1. The van der Waals surface area contributed by atoms with Crippen LogP contribution in [0.5, 0.6) is 5.75 Å². The van der Waals surface area contributed by atoms with E-state index in [1.165, 1.54) is 19.4 Å². The van der Waals surface area contributed by atoms with E-state index in [2.05, 4.69) is 15.6 Å². The first-order valence-corrected chi connectivity index (χ1v) is 8.43. The van der Waals surface area contributed by atoms with Crippen molar-refractivity contribution in [1.29, 1.82) is 0 Å². The van der Waals surface area contributed by atoms with E-state index in [1.54, 1.807) is 12.1 Å². The number of pyridine rings is 1. The van der Waals surface area contributed by atoms with Gasteiger partial charge in [-0.25, -0.2) is 9.37 Å². The van der Waals surface area contributed by atoms with Gasteiger partial charge in [0.15, 0.2) is 0 Å². The number of carboxylic acids is 1. The minimum atomic E-state index is -1.12. The van der Waals surface area contributed by atoms with Crippen LogP contribution < -0.4 is 15.4 Å². The SMILES string of the molecule is COc1ccc(-c2cnc(NCC(=O)NCC(=O)O)c3ccccc23)c(F)c1. The van der Waals surface area contributed by atoms with Crippen LogP contribution in [0.3, 0.4) is 0 Å². The second kappa shape index (κ2) is 8.34. The third kappa shape index (κ3) is 4.17. The normalized spacial score (nSPS) is 10.5. The first-order chi connectivity index (χ1) is 13.5. The highest BCUT2D eigenvalue weighted by Crippen LogP contribution is 2.34. The van der Waals surface area contributed by atoms with E-state index in [4.69, 9.17) is 9.84 Å². The lowest BCUT2D eigenvalue weighted by molar-refractivity contribution is -0.137. The fraction of sp³-hybridized carbons (Fsp3) is 0.150. The second-order valence-corrected chi connectivity index (χ2v) is 5.94. The number of hydrogen-bond donors (Lipinski definition) is 3. The summed E-state index contributed by atoms with van der Waals surface area (Å²) >= 11 is 0. The monoisotopic (exact) mass is 383 g/mol. The fourth-order valence-corrected chi connectivity index (χ4v) is 2.79. The first kappa shape index (κ1) is 19.1. The number of nitrogens with one attached hydrogen (secondary N) is 2. The lowest BCUT2D eigenvalue weighted by atomic mass is 10.00. The van der Waals surface area contributed by atoms with Crippen molar-refractivity contribution in [2.75, 3.05) is 25.5 Å². The molecule has 1 amide bonds. The van der Waals surface area contributed by atoms with Gasteiger partial charge in [0.2, 0.25) is 5.91 Å². The Hall–Kier alpha value is -3.68. The Labute approximate surface area is 160 Å². The number of anilines is 1. The molecule has 0 saturated heterocycles. The number of fused-ring (bicyclic) bond motifs is 1. The van der Waals surface area contributed by atoms with Crippen LogP contribution >= 0.6 is 0 Å². The Kier molecular flexibility index (Phi) is 5.69. The Morgan fingerprint density at radius 3 is 2.54 bits per heavy atom. The van der Waals surface area contributed by atoms with Gasteiger partial charge in [-0.1, -0.05) is 24.3 Å². The van der Waals surface area contributed by atoms with Crippen LogP contribution in [0.4, 0.5) is 10.2 Å². The summed E-state index contributed by atoms with van der Waals surface area (Å²) in [6.07, 6.45) is 1.53. The molecule has 0 atom stereocenters. The van der Waals surface area contributed by atoms with Gasteiger partial charge in [0, 0.05) is 28.8 Å². The topological polar surface area (TPSA) is 101 Å². The number of carbonyl (C=O) groups is 2. The van der Waals surface area contributed by atoms with E-state index in [9.17, 15) is 14.0 Å². The summed E-state index contributed by atoms with van der Waals surface area (Å²) in [5.41, 5.74) is 0.992. The van der Waals surface area contributed by atoms with E-state index < -0.39 is 24.2 Å². The number of aliphatic carboxylic acids is 1. The first-order valence-electron chi connectivity index (χ1n) is 8.43. The average Bonchev–Trinajstić information content (AvgIpc) is 2.70. The van der Waals surface area contributed by atoms with Gasteiger partial charge in [0.25, 0.3) is 0 Å². The third-order valence-electron chi connectivity index (χ3n) is 4.11. The fourth-order valence-electron chi connectivity index (χ4n) is 2.79. The predicted molar refractivity (Wildman–Crippen MR) is 103 cm³/mol. The number of methoxy groups -OCH3 is 1. The number of halogens is 1. The molecule has 28 heavy (non-hydrogen) atoms. The van der Waals surface area contributed by atoms with Crippen LogP contribution in [0.1, 0.15) is 0 Å². The van der Waals surface area contributed by atoms with Crippen molar-refractivity contribution in [1.82, 2.24) is 10.3 Å². The van der Waals surface area contributed by atoms with Crippen LogP contribution in [0, 0.1) is 5.82 Å². The van der Waals surface area contributed by atoms with Crippen LogP contribution in [-0.4, -0.2) is 42.2 Å². The van der Waals surface area contributed by atoms with Crippen molar-refractivity contribution < 1.29 is 23.8 Å². The lowest BCUT2D eigenvalue weighted by Crippen LogP contribution is -2.34. The molecule has 3 rings (SSSR count). The number of hydrogen-bond acceptors (Lipinski definition) is 5. The van der Waals surface area contributed by atoms with Crippen LogP contribution in [0.2, 0.25) is 0 Å². The molecular formula is C20H18FN3O4. The minimum Gasteiger partial charge on any atom is -0.497 e. The van der Waals surface area contributed by atoms with Crippen LogP contribution in [0.25, 0.3) is 21.9 Å². The number of benzene rings is 2. The van der Waals surface area contributed by atoms with E-state index >= 15 is 0 Å². The van der Waals surface area contributed by atoms with Crippen LogP contribution in [0.15, 0.2) is 48.7 Å². The number of ether oxygens (including phenoxy) is 1. The highest BCUT2D eigenvalue weighted by molar-refractivity contribution is 6.02. The van der Waals surface area contributed by atoms with Gasteiger partial charge in [-0.3, -0.25) is 9.59 Å². The highest BCUT2D eigenvalue weighted by Gasteiger charge is 2.14. The zero-order valence-corrected chi connectivity index (χ0v) is 15.0. The summed E-state index contributed by atoms with van der Waals surface area (Å²) in [6, 6.07) is 11.9. The Morgan fingerprint density at radius 1 is 1.11 bits per heavy atom. The molecule has 1 heterocycles. The maximum atomic E-state index is 14.5. The van der Waals surface area contributed by atoms with Gasteiger partial charge in [0.05, 0.1) is 13.7 Å². The molecule has 8 heteroatoms. The van der Waals surface area contributed by atoms with Crippen molar-refractivity contribution in [2.24, 2.45) is 0 Å². The molecule has 0 spiro atoms. The number of carboxylic acid groups (broad SMARTS) is 1. The van der Waals surface area contributed by atoms with E-state index in [0.29, 0.717) is 28.1 Å². The molecule has 144 valence electrons. The number of aromatic nitrogens is 1. The molecule has 0 aliphatic rings. The quantitative estimate of drug-likeness (QED) is 0.580. The Balaban J connectivity index is 1.91. The van der Waals surface area contributed by atoms with E-state index in [-0.39, 0.29) is 6.54 Å². The average molecular weight is 383 g/mol. The Morgan fingerprint density at radius 2 is 1.86 bits per heavy atom. The van der Waals surface area contributed by atoms with E-state index in [0.717, 1.165) is 5.39 Å². The minimum absolute atomic E-state index is 0.138. The smallest absolute Gasteiger partial charge is 0.322 e. The second-order valence-electron chi connectivity index (χ2n) is 5.94. The maximum absolute atomic E-state index is 14.5. The molecule has 0 aliphatic carbocycles. The van der Waals surface area contributed by atoms with Gasteiger partial charge in [-0.05, 0) is 17.5 Å². The third-order valence-corrected chi connectivity index (χ3v) is 4.11. The summed E-state index contributed by atoms with van der Waals surface area (Å²) < 4.78 is 19.6. The molecule has 3 N–H and O–H groups in total. The molecular weight excluding hydrogens is 365 g/mol. The van der Waals surface area contributed by atoms with E-state index in [1.807, 2.05) is 24.3 Å². The van der Waals surface area contributed by atoms with Gasteiger partial charge < -0.3 is 20.5 Å². The van der Waals surface area contributed by atoms with Gasteiger partial charge in [-0.2, -0.15) is 0 Å². The number of nitrogens with zero attached hydrogens (tertiary/aromatic N) is 1. The molecule has 0 bridgehead atoms. The molecule has 0 aliphatic heterocycles. The predicted octanol–water partition coefficient (Wildman–Crippen LogP) is 2.66. The summed E-state index contributed by atoms with van der Waals surface area (Å²) in [7, 11) is 1.47. The lowest BCUT2D eigenvalue weighted by Gasteiger charge is -2.13. The van der Waals surface area contributed by atoms with Crippen molar-refractivity contribution >= 4 is 28.5 Å². The molecule has 0 fully saturated rings. The molecule has 0 radical (unpaired) electrons. The Bertz CT molecular complexity index is 1040.